The number of methoxy groups -OCH3 is 1. The summed E-state index contributed by atoms with van der Waals surface area (Å²) in [5.74, 6) is -0.922. The summed E-state index contributed by atoms with van der Waals surface area (Å²) in [5.41, 5.74) is 0.889. The molecular weight excluding hydrogens is 348 g/mol. The fourth-order valence-corrected chi connectivity index (χ4v) is 2.93. The molecule has 142 valence electrons. The molecule has 0 aliphatic carbocycles. The molecule has 0 bridgehead atoms. The SMILES string of the molecule is CO[C@@H]1O[C@@H](C)[C@@H](OC(=O)c2ccccc2)C[C@@H]1OC(=O)c1ccccc1. The van der Waals surface area contributed by atoms with Gasteiger partial charge < -0.3 is 18.9 Å². The Kier molecular flexibility index (Phi) is 6.21. The molecule has 4 atom stereocenters. The summed E-state index contributed by atoms with van der Waals surface area (Å²) in [6.07, 6.45) is -2.07. The van der Waals surface area contributed by atoms with Crippen molar-refractivity contribution in [1.29, 1.82) is 0 Å². The Balaban J connectivity index is 1.68. The molecule has 0 amide bonds. The topological polar surface area (TPSA) is 71.1 Å². The Morgan fingerprint density at radius 3 is 1.81 bits per heavy atom. The maximum absolute atomic E-state index is 12.4. The minimum Gasteiger partial charge on any atom is -0.456 e. The Morgan fingerprint density at radius 2 is 1.33 bits per heavy atom. The molecule has 1 heterocycles. The molecular formula is C21H22O6. The van der Waals surface area contributed by atoms with Gasteiger partial charge in [0.15, 0.2) is 12.4 Å². The summed E-state index contributed by atoms with van der Waals surface area (Å²) in [6.45, 7) is 1.80. The van der Waals surface area contributed by atoms with E-state index in [9.17, 15) is 9.59 Å². The normalized spacial score (nSPS) is 24.8. The predicted molar refractivity (Wildman–Crippen MR) is 97.3 cm³/mol. The maximum Gasteiger partial charge on any atom is 0.338 e. The molecule has 0 radical (unpaired) electrons. The smallest absolute Gasteiger partial charge is 0.338 e. The second kappa shape index (κ2) is 8.79. The van der Waals surface area contributed by atoms with Gasteiger partial charge in [-0.15, -0.1) is 0 Å². The van der Waals surface area contributed by atoms with Gasteiger partial charge >= 0.3 is 11.9 Å². The van der Waals surface area contributed by atoms with Crippen molar-refractivity contribution < 1.29 is 28.5 Å². The number of benzene rings is 2. The minimum absolute atomic E-state index is 0.289. The molecule has 1 aliphatic rings. The van der Waals surface area contributed by atoms with Gasteiger partial charge in [0.05, 0.1) is 17.2 Å². The molecule has 1 aliphatic heterocycles. The van der Waals surface area contributed by atoms with Crippen molar-refractivity contribution in [1.82, 2.24) is 0 Å². The second-order valence-electron chi connectivity index (χ2n) is 6.30. The molecule has 1 saturated heterocycles. The molecule has 0 spiro atoms. The zero-order valence-electron chi connectivity index (χ0n) is 15.2. The van der Waals surface area contributed by atoms with Crippen LogP contribution in [0.1, 0.15) is 34.1 Å². The van der Waals surface area contributed by atoms with E-state index in [0.717, 1.165) is 0 Å². The van der Waals surface area contributed by atoms with Crippen molar-refractivity contribution >= 4 is 11.9 Å². The van der Waals surface area contributed by atoms with Crippen LogP contribution in [0.2, 0.25) is 0 Å². The van der Waals surface area contributed by atoms with Crippen LogP contribution in [0.25, 0.3) is 0 Å². The summed E-state index contributed by atoms with van der Waals surface area (Å²) >= 11 is 0. The van der Waals surface area contributed by atoms with Crippen LogP contribution in [0.3, 0.4) is 0 Å². The summed E-state index contributed by atoms with van der Waals surface area (Å²) in [5, 5.41) is 0. The Bertz CT molecular complexity index is 761. The van der Waals surface area contributed by atoms with Crippen LogP contribution in [0.15, 0.2) is 60.7 Å². The van der Waals surface area contributed by atoms with E-state index < -0.39 is 36.5 Å². The van der Waals surface area contributed by atoms with Gasteiger partial charge in [-0.3, -0.25) is 0 Å². The Labute approximate surface area is 158 Å². The zero-order chi connectivity index (χ0) is 19.2. The molecule has 0 aromatic heterocycles. The average Bonchev–Trinajstić information content (AvgIpc) is 2.71. The molecule has 2 aromatic rings. The predicted octanol–water partition coefficient (Wildman–Crippen LogP) is 3.22. The van der Waals surface area contributed by atoms with Gasteiger partial charge in [-0.2, -0.15) is 0 Å². The van der Waals surface area contributed by atoms with Gasteiger partial charge in [0, 0.05) is 13.5 Å². The van der Waals surface area contributed by atoms with Crippen molar-refractivity contribution in [2.75, 3.05) is 7.11 Å². The number of hydrogen-bond donors (Lipinski definition) is 0. The fraction of sp³-hybridized carbons (Fsp3) is 0.333. The van der Waals surface area contributed by atoms with Crippen molar-refractivity contribution in [3.05, 3.63) is 71.8 Å². The molecule has 2 aromatic carbocycles. The van der Waals surface area contributed by atoms with E-state index in [4.69, 9.17) is 18.9 Å². The highest BCUT2D eigenvalue weighted by molar-refractivity contribution is 5.90. The molecule has 1 fully saturated rings. The van der Waals surface area contributed by atoms with E-state index in [1.54, 1.807) is 55.5 Å². The van der Waals surface area contributed by atoms with Gasteiger partial charge in [-0.05, 0) is 31.2 Å². The largest absolute Gasteiger partial charge is 0.456 e. The van der Waals surface area contributed by atoms with Crippen LogP contribution in [-0.2, 0) is 18.9 Å². The Morgan fingerprint density at radius 1 is 0.852 bits per heavy atom. The summed E-state index contributed by atoms with van der Waals surface area (Å²) in [4.78, 5) is 24.7. The van der Waals surface area contributed by atoms with Gasteiger partial charge in [-0.25, -0.2) is 9.59 Å². The number of carbonyl (C=O) groups excluding carboxylic acids is 2. The van der Waals surface area contributed by atoms with Gasteiger partial charge in [-0.1, -0.05) is 36.4 Å². The standard InChI is InChI=1S/C21H22O6/c1-14-17(26-19(22)15-9-5-3-6-10-15)13-18(21(24-2)25-14)27-20(23)16-11-7-4-8-12-16/h3-12,14,17-18,21H,13H2,1-2H3/t14-,17-,18-,21+/m0/s1. The van der Waals surface area contributed by atoms with Gasteiger partial charge in [0.2, 0.25) is 0 Å². The molecule has 27 heavy (non-hydrogen) atoms. The Hall–Kier alpha value is -2.70. The van der Waals surface area contributed by atoms with E-state index in [-0.39, 0.29) is 6.42 Å². The monoisotopic (exact) mass is 370 g/mol. The fourth-order valence-electron chi connectivity index (χ4n) is 2.93. The van der Waals surface area contributed by atoms with E-state index in [1.165, 1.54) is 7.11 Å². The zero-order valence-corrected chi connectivity index (χ0v) is 15.2. The third kappa shape index (κ3) is 4.72. The van der Waals surface area contributed by atoms with Crippen molar-refractivity contribution in [3.8, 4) is 0 Å². The first kappa shape index (κ1) is 19.1. The first-order valence-corrected chi connectivity index (χ1v) is 8.79. The molecule has 0 N–H and O–H groups in total. The summed E-state index contributed by atoms with van der Waals surface area (Å²) < 4.78 is 22.2. The lowest BCUT2D eigenvalue weighted by atomic mass is 10.0. The first-order chi connectivity index (χ1) is 13.1. The molecule has 3 rings (SSSR count). The van der Waals surface area contributed by atoms with Crippen molar-refractivity contribution in [3.63, 3.8) is 0 Å². The molecule has 0 unspecified atom stereocenters. The highest BCUT2D eigenvalue weighted by atomic mass is 16.7. The lowest BCUT2D eigenvalue weighted by Gasteiger charge is -2.38. The van der Waals surface area contributed by atoms with E-state index in [2.05, 4.69) is 0 Å². The maximum atomic E-state index is 12.4. The van der Waals surface area contributed by atoms with Crippen LogP contribution in [-0.4, -0.2) is 43.7 Å². The van der Waals surface area contributed by atoms with Crippen molar-refractivity contribution in [2.45, 2.75) is 37.9 Å². The van der Waals surface area contributed by atoms with Crippen LogP contribution in [0.4, 0.5) is 0 Å². The van der Waals surface area contributed by atoms with E-state index in [0.29, 0.717) is 11.1 Å². The molecule has 6 heteroatoms. The lowest BCUT2D eigenvalue weighted by molar-refractivity contribution is -0.250. The number of hydrogen-bond acceptors (Lipinski definition) is 6. The van der Waals surface area contributed by atoms with Crippen LogP contribution in [0.5, 0.6) is 0 Å². The molecule has 6 nitrogen and oxygen atoms in total. The third-order valence-electron chi connectivity index (χ3n) is 4.41. The van der Waals surface area contributed by atoms with Crippen LogP contribution in [0, 0.1) is 0 Å². The highest BCUT2D eigenvalue weighted by Gasteiger charge is 2.40. The second-order valence-corrected chi connectivity index (χ2v) is 6.30. The van der Waals surface area contributed by atoms with Crippen LogP contribution < -0.4 is 0 Å². The van der Waals surface area contributed by atoms with Crippen molar-refractivity contribution in [2.24, 2.45) is 0 Å². The average molecular weight is 370 g/mol. The van der Waals surface area contributed by atoms with Crippen LogP contribution >= 0.6 is 0 Å². The summed E-state index contributed by atoms with van der Waals surface area (Å²) in [7, 11) is 1.48. The molecule has 0 saturated carbocycles. The first-order valence-electron chi connectivity index (χ1n) is 8.79. The van der Waals surface area contributed by atoms with E-state index in [1.807, 2.05) is 12.1 Å². The summed E-state index contributed by atoms with van der Waals surface area (Å²) in [6, 6.07) is 17.4. The van der Waals surface area contributed by atoms with Gasteiger partial charge in [0.1, 0.15) is 6.10 Å². The number of carbonyl (C=O) groups is 2. The lowest BCUT2D eigenvalue weighted by Crippen LogP contribution is -2.50. The van der Waals surface area contributed by atoms with E-state index >= 15 is 0 Å². The minimum atomic E-state index is -0.723. The highest BCUT2D eigenvalue weighted by Crippen LogP contribution is 2.27. The number of ether oxygens (including phenoxy) is 4. The quantitative estimate of drug-likeness (QED) is 0.753. The van der Waals surface area contributed by atoms with Gasteiger partial charge in [0.25, 0.3) is 0 Å². The third-order valence-corrected chi connectivity index (χ3v) is 4.41. The number of esters is 2. The number of rotatable bonds is 5.